The minimum absolute atomic E-state index is 0.325. The van der Waals surface area contributed by atoms with Gasteiger partial charge < -0.3 is 15.0 Å². The van der Waals surface area contributed by atoms with Crippen LogP contribution in [0.1, 0.15) is 19.7 Å². The molecule has 1 aromatic rings. The summed E-state index contributed by atoms with van der Waals surface area (Å²) >= 11 is 1.44. The highest BCUT2D eigenvalue weighted by molar-refractivity contribution is 7.98. The number of carbonyl (C=O) groups is 2. The van der Waals surface area contributed by atoms with E-state index in [1.165, 1.54) is 18.7 Å². The highest BCUT2D eigenvalue weighted by Crippen LogP contribution is 2.12. The normalized spacial score (nSPS) is 12.1. The first kappa shape index (κ1) is 14.6. The lowest BCUT2D eigenvalue weighted by Gasteiger charge is -2.12. The fourth-order valence-electron chi connectivity index (χ4n) is 1.46. The fourth-order valence-corrected chi connectivity index (χ4v) is 2.46. The van der Waals surface area contributed by atoms with E-state index in [0.717, 1.165) is 12.4 Å². The highest BCUT2D eigenvalue weighted by atomic mass is 32.2. The Hall–Kier alpha value is -1.50. The fraction of sp³-hybridized carbons (Fsp3) is 0.545. The third kappa shape index (κ3) is 4.40. The molecule has 1 aromatic heterocycles. The zero-order chi connectivity index (χ0) is 13.5. The molecule has 0 aromatic carbocycles. The Kier molecular flexibility index (Phi) is 5.70. The topological polar surface area (TPSA) is 84.2 Å². The smallest absolute Gasteiger partial charge is 0.327 e. The molecule has 100 valence electrons. The molecule has 0 saturated heterocycles. The van der Waals surface area contributed by atoms with Crippen LogP contribution in [-0.4, -0.2) is 38.3 Å². The van der Waals surface area contributed by atoms with Crippen LogP contribution in [0.15, 0.2) is 12.4 Å². The number of hydrogen-bond acceptors (Lipinski definition) is 4. The van der Waals surface area contributed by atoms with Crippen LogP contribution in [0.4, 0.5) is 0 Å². The van der Waals surface area contributed by atoms with E-state index in [9.17, 15) is 9.59 Å². The molecule has 7 heteroatoms. The third-order valence-corrected chi connectivity index (χ3v) is 3.37. The quantitative estimate of drug-likeness (QED) is 0.763. The van der Waals surface area contributed by atoms with Crippen LogP contribution in [-0.2, 0) is 21.9 Å². The van der Waals surface area contributed by atoms with Crippen molar-refractivity contribution < 1.29 is 14.7 Å². The molecule has 1 atom stereocenters. The first-order valence-corrected chi connectivity index (χ1v) is 6.77. The maximum absolute atomic E-state index is 10.9. The predicted octanol–water partition coefficient (Wildman–Crippen LogP) is 0.726. The van der Waals surface area contributed by atoms with Crippen molar-refractivity contribution in [1.29, 1.82) is 0 Å². The largest absolute Gasteiger partial charge is 0.480 e. The molecule has 0 radical (unpaired) electrons. The first-order valence-electron chi connectivity index (χ1n) is 5.62. The number of carboxylic acid groups (broad SMARTS) is 1. The minimum Gasteiger partial charge on any atom is -0.480 e. The van der Waals surface area contributed by atoms with Crippen LogP contribution in [0.25, 0.3) is 0 Å². The van der Waals surface area contributed by atoms with E-state index in [1.54, 1.807) is 6.20 Å². The Labute approximate surface area is 110 Å². The lowest BCUT2D eigenvalue weighted by atomic mass is 10.3. The van der Waals surface area contributed by atoms with Crippen molar-refractivity contribution >= 4 is 23.6 Å². The molecule has 0 fully saturated rings. The lowest BCUT2D eigenvalue weighted by molar-refractivity contribution is -0.140. The second-order valence-corrected chi connectivity index (χ2v) is 4.77. The summed E-state index contributed by atoms with van der Waals surface area (Å²) in [4.78, 5) is 25.9. The average molecular weight is 271 g/mol. The molecule has 0 aliphatic rings. The monoisotopic (exact) mass is 271 g/mol. The molecule has 1 unspecified atom stereocenters. The Balaban J connectivity index is 2.43. The van der Waals surface area contributed by atoms with Crippen molar-refractivity contribution in [2.45, 2.75) is 32.2 Å². The number of aromatic nitrogens is 2. The standard InChI is InChI=1S/C11H17N3O3S/c1-3-14-5-4-12-10(14)7-18-6-9(11(16)17)13-8(2)15/h4-5,9H,3,6-7H2,1-2H3,(H,13,15)(H,16,17). The molecule has 0 bridgehead atoms. The zero-order valence-corrected chi connectivity index (χ0v) is 11.2. The summed E-state index contributed by atoms with van der Waals surface area (Å²) in [7, 11) is 0. The zero-order valence-electron chi connectivity index (χ0n) is 10.4. The Bertz CT molecular complexity index is 419. The van der Waals surface area contributed by atoms with Gasteiger partial charge >= 0.3 is 5.97 Å². The van der Waals surface area contributed by atoms with Gasteiger partial charge in [0.25, 0.3) is 0 Å². The summed E-state index contributed by atoms with van der Waals surface area (Å²) in [5.41, 5.74) is 0. The van der Waals surface area contributed by atoms with Crippen LogP contribution in [0.3, 0.4) is 0 Å². The van der Waals surface area contributed by atoms with Crippen molar-refractivity contribution in [2.75, 3.05) is 5.75 Å². The van der Waals surface area contributed by atoms with Crippen molar-refractivity contribution in [1.82, 2.24) is 14.9 Å². The van der Waals surface area contributed by atoms with Crippen molar-refractivity contribution in [2.24, 2.45) is 0 Å². The molecular weight excluding hydrogens is 254 g/mol. The molecule has 1 rings (SSSR count). The maximum atomic E-state index is 10.9. The van der Waals surface area contributed by atoms with Gasteiger partial charge in [-0.3, -0.25) is 4.79 Å². The Morgan fingerprint density at radius 3 is 2.89 bits per heavy atom. The van der Waals surface area contributed by atoms with E-state index in [4.69, 9.17) is 5.11 Å². The second kappa shape index (κ2) is 7.05. The molecule has 0 spiro atoms. The summed E-state index contributed by atoms with van der Waals surface area (Å²) < 4.78 is 2.00. The van der Waals surface area contributed by atoms with Crippen molar-refractivity contribution in [3.05, 3.63) is 18.2 Å². The van der Waals surface area contributed by atoms with E-state index in [2.05, 4.69) is 10.3 Å². The third-order valence-electron chi connectivity index (χ3n) is 2.33. The number of carbonyl (C=O) groups excluding carboxylic acids is 1. The van der Waals surface area contributed by atoms with Crippen molar-refractivity contribution in [3.8, 4) is 0 Å². The minimum atomic E-state index is -1.02. The summed E-state index contributed by atoms with van der Waals surface area (Å²) in [5.74, 6) is 0.513. The number of imidazole rings is 1. The number of aryl methyl sites for hydroxylation is 1. The van der Waals surface area contributed by atoms with E-state index < -0.39 is 12.0 Å². The van der Waals surface area contributed by atoms with Gasteiger partial charge in [0, 0.05) is 31.6 Å². The Morgan fingerprint density at radius 2 is 2.33 bits per heavy atom. The predicted molar refractivity (Wildman–Crippen MR) is 69.3 cm³/mol. The van der Waals surface area contributed by atoms with Gasteiger partial charge in [-0.15, -0.1) is 0 Å². The van der Waals surface area contributed by atoms with Gasteiger partial charge in [-0.2, -0.15) is 11.8 Å². The van der Waals surface area contributed by atoms with Crippen LogP contribution in [0.5, 0.6) is 0 Å². The number of rotatable bonds is 7. The van der Waals surface area contributed by atoms with Crippen LogP contribution in [0.2, 0.25) is 0 Å². The van der Waals surface area contributed by atoms with Gasteiger partial charge in [0.1, 0.15) is 11.9 Å². The van der Waals surface area contributed by atoms with Gasteiger partial charge in [-0.05, 0) is 6.92 Å². The molecular formula is C11H17N3O3S. The molecule has 2 N–H and O–H groups in total. The van der Waals surface area contributed by atoms with E-state index in [-0.39, 0.29) is 5.91 Å². The van der Waals surface area contributed by atoms with E-state index >= 15 is 0 Å². The van der Waals surface area contributed by atoms with Gasteiger partial charge in [0.15, 0.2) is 0 Å². The number of nitrogens with zero attached hydrogens (tertiary/aromatic N) is 2. The molecule has 18 heavy (non-hydrogen) atoms. The molecule has 0 aliphatic carbocycles. The number of hydrogen-bond donors (Lipinski definition) is 2. The first-order chi connectivity index (χ1) is 8.54. The van der Waals surface area contributed by atoms with Crippen LogP contribution >= 0.6 is 11.8 Å². The van der Waals surface area contributed by atoms with E-state index in [0.29, 0.717) is 11.5 Å². The number of aliphatic carboxylic acids is 1. The van der Waals surface area contributed by atoms with Crippen molar-refractivity contribution in [3.63, 3.8) is 0 Å². The number of carboxylic acids is 1. The molecule has 0 saturated carbocycles. The summed E-state index contributed by atoms with van der Waals surface area (Å²) in [6.45, 7) is 4.17. The SMILES string of the molecule is CCn1ccnc1CSCC(NC(C)=O)C(=O)O. The lowest BCUT2D eigenvalue weighted by Crippen LogP contribution is -2.41. The van der Waals surface area contributed by atoms with Gasteiger partial charge in [-0.25, -0.2) is 9.78 Å². The van der Waals surface area contributed by atoms with Crippen LogP contribution in [0, 0.1) is 0 Å². The summed E-state index contributed by atoms with van der Waals surface area (Å²) in [5, 5.41) is 11.3. The van der Waals surface area contributed by atoms with Crippen LogP contribution < -0.4 is 5.32 Å². The van der Waals surface area contributed by atoms with Gasteiger partial charge in [0.2, 0.25) is 5.91 Å². The highest BCUT2D eigenvalue weighted by Gasteiger charge is 2.18. The Morgan fingerprint density at radius 1 is 1.61 bits per heavy atom. The van der Waals surface area contributed by atoms with Gasteiger partial charge in [-0.1, -0.05) is 0 Å². The molecule has 0 aliphatic heterocycles. The number of amides is 1. The summed E-state index contributed by atoms with van der Waals surface area (Å²) in [6, 6.07) is -0.850. The van der Waals surface area contributed by atoms with E-state index in [1.807, 2.05) is 17.7 Å². The summed E-state index contributed by atoms with van der Waals surface area (Å²) in [6.07, 6.45) is 3.61. The molecule has 1 amide bonds. The number of thioether (sulfide) groups is 1. The number of nitrogens with one attached hydrogen (secondary N) is 1. The molecule has 6 nitrogen and oxygen atoms in total. The van der Waals surface area contributed by atoms with Gasteiger partial charge in [0.05, 0.1) is 5.75 Å². The second-order valence-electron chi connectivity index (χ2n) is 3.74. The average Bonchev–Trinajstić information content (AvgIpc) is 2.74. The maximum Gasteiger partial charge on any atom is 0.327 e. The molecule has 1 heterocycles.